The predicted molar refractivity (Wildman–Crippen MR) is 94.0 cm³/mol. The number of carbonyl (C=O) groups is 1. The first-order chi connectivity index (χ1) is 12.8. The van der Waals surface area contributed by atoms with Crippen molar-refractivity contribution in [3.05, 3.63) is 77.0 Å². The molecule has 140 valence electrons. The van der Waals surface area contributed by atoms with Crippen LogP contribution in [0.5, 0.6) is 0 Å². The van der Waals surface area contributed by atoms with E-state index in [0.29, 0.717) is 22.6 Å². The maximum Gasteiger partial charge on any atom is 0.416 e. The second-order valence-electron chi connectivity index (χ2n) is 6.15. The molecule has 0 aliphatic carbocycles. The van der Waals surface area contributed by atoms with Crippen LogP contribution in [0.1, 0.15) is 40.2 Å². The Kier molecular flexibility index (Phi) is 5.03. The summed E-state index contributed by atoms with van der Waals surface area (Å²) in [5.74, 6) is -0.125. The molecular weight excluding hydrogens is 357 g/mol. The van der Waals surface area contributed by atoms with Gasteiger partial charge in [-0.1, -0.05) is 47.6 Å². The molecule has 1 unspecified atom stereocenters. The van der Waals surface area contributed by atoms with Crippen LogP contribution in [-0.4, -0.2) is 11.1 Å². The average molecular weight is 374 g/mol. The van der Waals surface area contributed by atoms with Crippen molar-refractivity contribution in [3.63, 3.8) is 0 Å². The van der Waals surface area contributed by atoms with Gasteiger partial charge in [-0.05, 0) is 31.5 Å². The van der Waals surface area contributed by atoms with Gasteiger partial charge in [-0.2, -0.15) is 13.2 Å². The van der Waals surface area contributed by atoms with Gasteiger partial charge in [0.05, 0.1) is 11.6 Å². The lowest BCUT2D eigenvalue weighted by Crippen LogP contribution is -2.27. The van der Waals surface area contributed by atoms with E-state index < -0.39 is 23.7 Å². The molecule has 1 amide bonds. The number of benzene rings is 2. The summed E-state index contributed by atoms with van der Waals surface area (Å²) < 4.78 is 43.9. The van der Waals surface area contributed by atoms with Gasteiger partial charge >= 0.3 is 6.18 Å². The van der Waals surface area contributed by atoms with Gasteiger partial charge in [0.25, 0.3) is 5.91 Å². The summed E-state index contributed by atoms with van der Waals surface area (Å²) in [7, 11) is 0. The number of hydrogen-bond donors (Lipinski definition) is 1. The second-order valence-corrected chi connectivity index (χ2v) is 6.15. The monoisotopic (exact) mass is 374 g/mol. The van der Waals surface area contributed by atoms with Crippen LogP contribution in [0.15, 0.2) is 59.1 Å². The summed E-state index contributed by atoms with van der Waals surface area (Å²) in [5.41, 5.74) is 0.967. The smallest absolute Gasteiger partial charge is 0.360 e. The number of nitrogens with zero attached hydrogens (tertiary/aromatic N) is 1. The number of hydrogen-bond acceptors (Lipinski definition) is 3. The van der Waals surface area contributed by atoms with Crippen molar-refractivity contribution >= 4 is 5.91 Å². The molecule has 27 heavy (non-hydrogen) atoms. The SMILES string of the molecule is Cc1onc(-c2ccccc2)c1C(=O)NC(C)c1cccc(C(F)(F)F)c1. The normalized spacial score (nSPS) is 12.6. The Morgan fingerprint density at radius 3 is 2.48 bits per heavy atom. The van der Waals surface area contributed by atoms with Gasteiger partial charge in [0.1, 0.15) is 17.0 Å². The summed E-state index contributed by atoms with van der Waals surface area (Å²) in [4.78, 5) is 12.8. The number of halogens is 3. The molecule has 0 bridgehead atoms. The second kappa shape index (κ2) is 7.26. The van der Waals surface area contributed by atoms with E-state index in [1.54, 1.807) is 32.0 Å². The third kappa shape index (κ3) is 4.02. The maximum atomic E-state index is 12.9. The number of amides is 1. The highest BCUT2D eigenvalue weighted by molar-refractivity contribution is 6.00. The predicted octanol–water partition coefficient (Wildman–Crippen LogP) is 5.16. The molecular formula is C20H17F3N2O2. The zero-order chi connectivity index (χ0) is 19.6. The lowest BCUT2D eigenvalue weighted by molar-refractivity contribution is -0.137. The van der Waals surface area contributed by atoms with Crippen molar-refractivity contribution in [3.8, 4) is 11.3 Å². The van der Waals surface area contributed by atoms with E-state index in [9.17, 15) is 18.0 Å². The fourth-order valence-corrected chi connectivity index (χ4v) is 2.77. The molecule has 0 spiro atoms. The molecule has 0 radical (unpaired) electrons. The van der Waals surface area contributed by atoms with Crippen LogP contribution >= 0.6 is 0 Å². The van der Waals surface area contributed by atoms with Gasteiger partial charge < -0.3 is 9.84 Å². The van der Waals surface area contributed by atoms with Gasteiger partial charge in [-0.15, -0.1) is 0 Å². The Balaban J connectivity index is 1.86. The summed E-state index contributed by atoms with van der Waals surface area (Å²) in [6, 6.07) is 13.3. The molecule has 1 heterocycles. The van der Waals surface area contributed by atoms with Gasteiger partial charge in [0.15, 0.2) is 0 Å². The van der Waals surface area contributed by atoms with Crippen molar-refractivity contribution in [1.82, 2.24) is 10.5 Å². The van der Waals surface area contributed by atoms with Gasteiger partial charge in [-0.25, -0.2) is 0 Å². The van der Waals surface area contributed by atoms with Crippen molar-refractivity contribution in [2.75, 3.05) is 0 Å². The molecule has 0 saturated heterocycles. The van der Waals surface area contributed by atoms with Gasteiger partial charge in [0.2, 0.25) is 0 Å². The highest BCUT2D eigenvalue weighted by Crippen LogP contribution is 2.31. The Bertz CT molecular complexity index is 949. The zero-order valence-corrected chi connectivity index (χ0v) is 14.7. The highest BCUT2D eigenvalue weighted by atomic mass is 19.4. The fraction of sp³-hybridized carbons (Fsp3) is 0.200. The largest absolute Gasteiger partial charge is 0.416 e. The van der Waals surface area contributed by atoms with E-state index in [1.807, 2.05) is 18.2 Å². The van der Waals surface area contributed by atoms with Crippen LogP contribution < -0.4 is 5.32 Å². The number of aromatic nitrogens is 1. The van der Waals surface area contributed by atoms with Gasteiger partial charge in [0, 0.05) is 5.56 Å². The molecule has 0 aliphatic rings. The summed E-state index contributed by atoms with van der Waals surface area (Å²) in [6.45, 7) is 3.24. The first kappa shape index (κ1) is 18.7. The van der Waals surface area contributed by atoms with Crippen molar-refractivity contribution in [1.29, 1.82) is 0 Å². The van der Waals surface area contributed by atoms with E-state index in [4.69, 9.17) is 4.52 Å². The lowest BCUT2D eigenvalue weighted by Gasteiger charge is -2.16. The van der Waals surface area contributed by atoms with E-state index in [-0.39, 0.29) is 5.56 Å². The van der Waals surface area contributed by atoms with Crippen LogP contribution in [-0.2, 0) is 6.18 Å². The third-order valence-corrected chi connectivity index (χ3v) is 4.20. The first-order valence-electron chi connectivity index (χ1n) is 8.27. The summed E-state index contributed by atoms with van der Waals surface area (Å²) >= 11 is 0. The minimum Gasteiger partial charge on any atom is -0.360 e. The quantitative estimate of drug-likeness (QED) is 0.686. The van der Waals surface area contributed by atoms with Crippen LogP contribution in [0.3, 0.4) is 0 Å². The Morgan fingerprint density at radius 2 is 1.81 bits per heavy atom. The Labute approximate surface area is 154 Å². The van der Waals surface area contributed by atoms with Crippen LogP contribution in [0.25, 0.3) is 11.3 Å². The van der Waals surface area contributed by atoms with E-state index >= 15 is 0 Å². The zero-order valence-electron chi connectivity index (χ0n) is 14.7. The summed E-state index contributed by atoms with van der Waals surface area (Å²) in [5, 5.41) is 6.67. The first-order valence-corrected chi connectivity index (χ1v) is 8.27. The molecule has 1 N–H and O–H groups in total. The summed E-state index contributed by atoms with van der Waals surface area (Å²) in [6.07, 6.45) is -4.44. The van der Waals surface area contributed by atoms with E-state index in [2.05, 4.69) is 10.5 Å². The topological polar surface area (TPSA) is 55.1 Å². The van der Waals surface area contributed by atoms with Crippen LogP contribution in [0, 0.1) is 6.92 Å². The molecule has 3 rings (SSSR count). The minimum atomic E-state index is -4.44. The van der Waals surface area contributed by atoms with Crippen LogP contribution in [0.4, 0.5) is 13.2 Å². The average Bonchev–Trinajstić information content (AvgIpc) is 3.03. The molecule has 4 nitrogen and oxygen atoms in total. The number of alkyl halides is 3. The highest BCUT2D eigenvalue weighted by Gasteiger charge is 2.31. The van der Waals surface area contributed by atoms with Crippen molar-refractivity contribution in [2.45, 2.75) is 26.1 Å². The Morgan fingerprint density at radius 1 is 1.11 bits per heavy atom. The Hall–Kier alpha value is -3.09. The van der Waals surface area contributed by atoms with E-state index in [0.717, 1.165) is 12.1 Å². The number of nitrogens with one attached hydrogen (secondary N) is 1. The molecule has 3 aromatic rings. The van der Waals surface area contributed by atoms with E-state index in [1.165, 1.54) is 6.07 Å². The molecule has 0 fully saturated rings. The molecule has 0 saturated carbocycles. The van der Waals surface area contributed by atoms with Crippen LogP contribution in [0.2, 0.25) is 0 Å². The number of carbonyl (C=O) groups excluding carboxylic acids is 1. The maximum absolute atomic E-state index is 12.9. The fourth-order valence-electron chi connectivity index (χ4n) is 2.77. The number of rotatable bonds is 4. The third-order valence-electron chi connectivity index (χ3n) is 4.20. The molecule has 7 heteroatoms. The molecule has 1 atom stereocenters. The molecule has 0 aliphatic heterocycles. The van der Waals surface area contributed by atoms with Gasteiger partial charge in [-0.3, -0.25) is 4.79 Å². The van der Waals surface area contributed by atoms with Crippen molar-refractivity contribution < 1.29 is 22.5 Å². The minimum absolute atomic E-state index is 0.264. The lowest BCUT2D eigenvalue weighted by atomic mass is 10.0. The van der Waals surface area contributed by atoms with Crippen molar-refractivity contribution in [2.24, 2.45) is 0 Å². The number of aryl methyl sites for hydroxylation is 1. The standard InChI is InChI=1S/C20H17F3N2O2/c1-12(15-9-6-10-16(11-15)20(21,22)23)24-19(26)17-13(2)27-25-18(17)14-7-4-3-5-8-14/h3-12H,1-2H3,(H,24,26). The molecule has 1 aromatic heterocycles. The molecule has 2 aromatic carbocycles.